The van der Waals surface area contributed by atoms with Gasteiger partial charge in [-0.3, -0.25) is 28.8 Å². The number of nitrogens with one attached hydrogen (secondary N) is 3. The first-order valence-electron chi connectivity index (χ1n) is 21.5. The van der Waals surface area contributed by atoms with Gasteiger partial charge in [0.15, 0.2) is 11.5 Å². The van der Waals surface area contributed by atoms with E-state index in [1.165, 1.54) is 75.9 Å². The van der Waals surface area contributed by atoms with Gasteiger partial charge in [-0.25, -0.2) is 0 Å². The molecule has 4 heterocycles. The minimum atomic E-state index is -1.73. The largest absolute Gasteiger partial charge is 0.497 e. The summed E-state index contributed by atoms with van der Waals surface area (Å²) in [6.45, 7) is 3.63. The fraction of sp³-hybridized carbons (Fsp3) is 0.478. The van der Waals surface area contributed by atoms with E-state index < -0.39 is 109 Å². The number of amides is 6. The van der Waals surface area contributed by atoms with E-state index in [4.69, 9.17) is 18.9 Å². The molecule has 2 saturated heterocycles. The number of ether oxygens (including phenoxy) is 4. The van der Waals surface area contributed by atoms with Crippen molar-refractivity contribution in [1.29, 1.82) is 0 Å². The van der Waals surface area contributed by atoms with Gasteiger partial charge >= 0.3 is 0 Å². The average molecular weight is 919 g/mol. The molecular weight excluding hydrogens is 861 g/mol. The topological polar surface area (TPSA) is 266 Å². The molecule has 0 radical (unpaired) electrons. The minimum Gasteiger partial charge on any atom is -0.497 e. The lowest BCUT2D eigenvalue weighted by molar-refractivity contribution is -0.277. The summed E-state index contributed by atoms with van der Waals surface area (Å²) in [6, 6.07) is 10.7. The summed E-state index contributed by atoms with van der Waals surface area (Å²) >= 11 is 0. The van der Waals surface area contributed by atoms with Crippen LogP contribution in [-0.4, -0.2) is 172 Å². The van der Waals surface area contributed by atoms with Gasteiger partial charge in [0.2, 0.25) is 41.7 Å². The van der Waals surface area contributed by atoms with Gasteiger partial charge in [0.1, 0.15) is 72.2 Å². The molecule has 7 rings (SSSR count). The van der Waals surface area contributed by atoms with E-state index in [-0.39, 0.29) is 30.8 Å². The summed E-state index contributed by atoms with van der Waals surface area (Å²) < 4.78 is 23.1. The van der Waals surface area contributed by atoms with E-state index in [1.807, 2.05) is 0 Å². The van der Waals surface area contributed by atoms with Crippen molar-refractivity contribution in [2.24, 2.45) is 0 Å². The number of likely N-dealkylation sites (N-methyl/N-ethyl adjacent to an activating group) is 3. The number of carbonyl (C=O) groups is 6. The van der Waals surface area contributed by atoms with Crippen molar-refractivity contribution in [1.82, 2.24) is 30.7 Å². The lowest BCUT2D eigenvalue weighted by atomic mass is 9.98. The number of rotatable bonds is 6. The first kappa shape index (κ1) is 49.1. The Morgan fingerprint density at radius 2 is 1.23 bits per heavy atom. The summed E-state index contributed by atoms with van der Waals surface area (Å²) in [6.07, 6.45) is -8.08. The van der Waals surface area contributed by atoms with Crippen LogP contribution in [0.5, 0.6) is 23.0 Å². The molecule has 4 aliphatic rings. The van der Waals surface area contributed by atoms with Crippen molar-refractivity contribution >= 4 is 35.4 Å². The summed E-state index contributed by atoms with van der Waals surface area (Å²) in [4.78, 5) is 89.0. The molecule has 1 unspecified atom stereocenters. The molecule has 356 valence electrons. The molecule has 6 amide bonds. The number of carbonyl (C=O) groups excluding carboxylic acids is 6. The van der Waals surface area contributed by atoms with Gasteiger partial charge in [-0.2, -0.15) is 0 Å². The molecule has 4 aliphatic heterocycles. The number of hydrogen-bond acceptors (Lipinski definition) is 14. The molecule has 20 heteroatoms. The van der Waals surface area contributed by atoms with Crippen molar-refractivity contribution < 1.29 is 68.1 Å². The molecule has 3 aromatic carbocycles. The Morgan fingerprint density at radius 3 is 1.86 bits per heavy atom. The number of methoxy groups -OCH3 is 1. The van der Waals surface area contributed by atoms with Gasteiger partial charge in [-0.05, 0) is 73.9 Å². The molecule has 2 fully saturated rings. The van der Waals surface area contributed by atoms with E-state index in [1.54, 1.807) is 54.6 Å². The third kappa shape index (κ3) is 10.9. The second kappa shape index (κ2) is 20.9. The van der Waals surface area contributed by atoms with Gasteiger partial charge < -0.3 is 70.0 Å². The Labute approximate surface area is 381 Å². The zero-order valence-corrected chi connectivity index (χ0v) is 37.7. The molecule has 7 N–H and O–H groups in total. The van der Waals surface area contributed by atoms with E-state index in [9.17, 15) is 49.2 Å². The minimum absolute atomic E-state index is 0.00547. The Hall–Kier alpha value is -6.32. The van der Waals surface area contributed by atoms with E-state index in [0.717, 1.165) is 0 Å². The van der Waals surface area contributed by atoms with Crippen LogP contribution in [0.4, 0.5) is 0 Å². The fourth-order valence-electron chi connectivity index (χ4n) is 8.05. The predicted octanol–water partition coefficient (Wildman–Crippen LogP) is -0.984. The maximum Gasteiger partial charge on any atom is 0.246 e. The van der Waals surface area contributed by atoms with Crippen LogP contribution < -0.4 is 30.2 Å². The van der Waals surface area contributed by atoms with Crippen LogP contribution in [-0.2, 0) is 52.8 Å². The number of fused-ring (bicyclic) bond motifs is 2. The molecule has 0 aromatic heterocycles. The first-order chi connectivity index (χ1) is 31.3. The van der Waals surface area contributed by atoms with Crippen molar-refractivity contribution in [2.45, 2.75) is 107 Å². The fourth-order valence-corrected chi connectivity index (χ4v) is 8.05. The number of benzene rings is 3. The highest BCUT2D eigenvalue weighted by molar-refractivity contribution is 5.98. The van der Waals surface area contributed by atoms with Crippen molar-refractivity contribution in [3.63, 3.8) is 0 Å². The van der Waals surface area contributed by atoms with E-state index >= 15 is 0 Å². The number of nitrogens with zero attached hydrogens (tertiary/aromatic N) is 3. The van der Waals surface area contributed by atoms with Crippen LogP contribution in [0.2, 0.25) is 0 Å². The molecule has 66 heavy (non-hydrogen) atoms. The number of aliphatic hydroxyl groups is 4. The molecule has 11 atom stereocenters. The van der Waals surface area contributed by atoms with Crippen LogP contribution in [0.3, 0.4) is 0 Å². The van der Waals surface area contributed by atoms with Gasteiger partial charge in [0.05, 0.1) is 13.7 Å². The molecule has 0 spiro atoms. The second-order valence-corrected chi connectivity index (χ2v) is 16.9. The summed E-state index contributed by atoms with van der Waals surface area (Å²) in [7, 11) is 5.76. The summed E-state index contributed by atoms with van der Waals surface area (Å²) in [5.41, 5.74) is 1.67. The highest BCUT2D eigenvalue weighted by Crippen LogP contribution is 2.36. The Morgan fingerprint density at radius 1 is 0.652 bits per heavy atom. The summed E-state index contributed by atoms with van der Waals surface area (Å²) in [5, 5.41) is 49.2. The Kier molecular flexibility index (Phi) is 15.5. The molecule has 20 nitrogen and oxygen atoms in total. The predicted molar refractivity (Wildman–Crippen MR) is 234 cm³/mol. The van der Waals surface area contributed by atoms with Crippen LogP contribution >= 0.6 is 0 Å². The third-order valence-corrected chi connectivity index (χ3v) is 12.2. The van der Waals surface area contributed by atoms with E-state index in [2.05, 4.69) is 16.0 Å². The number of hydrogen-bond donors (Lipinski definition) is 7. The van der Waals surface area contributed by atoms with Gasteiger partial charge in [0, 0.05) is 40.4 Å². The standard InChI is InChI=1S/C46H58N6O14/c1-23-40(57)48-24(2)43(60)50(4)31(18-26-8-13-29(63-7)14-9-26)42(59)49-25(3)44(61)52(6)33-19-27-10-15-30(16-11-27)64-35-21-28(20-32(41(58)47-23)51(5)45(33)62)12-17-34(35)65-46-39(56)38(55)37(54)36(22-53)66-46/h8-17,21,23-25,31-33,36-39,46,53-56H,18-20,22H2,1-7H3,(H,47,58)(H,48,57)(H,49,59)/t23-,24+,25-,31-,32-,33?,36+,37+,38-,39+,46+/m1/s1. The molecule has 3 aromatic rings. The first-order valence-corrected chi connectivity index (χ1v) is 21.5. The van der Waals surface area contributed by atoms with Gasteiger partial charge in [-0.15, -0.1) is 0 Å². The lowest BCUT2D eigenvalue weighted by Gasteiger charge is -2.39. The lowest BCUT2D eigenvalue weighted by Crippen LogP contribution is -2.61. The molecule has 6 bridgehead atoms. The second-order valence-electron chi connectivity index (χ2n) is 16.9. The van der Waals surface area contributed by atoms with Gasteiger partial charge in [0.25, 0.3) is 0 Å². The van der Waals surface area contributed by atoms with Crippen LogP contribution in [0, 0.1) is 0 Å². The van der Waals surface area contributed by atoms with E-state index in [0.29, 0.717) is 28.2 Å². The SMILES string of the molecule is COc1ccc(C[C@@H]2C(=O)N[C@H](C)C(=O)N(C)C3Cc4ccc(cc4)Oc4cc(ccc4O[C@H]4O[C@@H](CO)[C@H](O)[C@@H](O)[C@@H]4O)C[C@H](C(=O)N[C@H](C)C(=O)N[C@@H](C)C(=O)N2C)N(C)C3=O)cc1. The van der Waals surface area contributed by atoms with Crippen LogP contribution in [0.25, 0.3) is 0 Å². The highest BCUT2D eigenvalue weighted by atomic mass is 16.7. The summed E-state index contributed by atoms with van der Waals surface area (Å²) in [5.74, 6) is -3.10. The number of aliphatic hydroxyl groups excluding tert-OH is 4. The maximum absolute atomic E-state index is 14.9. The monoisotopic (exact) mass is 918 g/mol. The average Bonchev–Trinajstić information content (AvgIpc) is 3.30. The van der Waals surface area contributed by atoms with Gasteiger partial charge in [-0.1, -0.05) is 30.3 Å². The smallest absolute Gasteiger partial charge is 0.246 e. The third-order valence-electron chi connectivity index (χ3n) is 12.2. The Bertz CT molecular complexity index is 2260. The maximum atomic E-state index is 14.9. The highest BCUT2D eigenvalue weighted by Gasteiger charge is 2.45. The zero-order valence-electron chi connectivity index (χ0n) is 37.7. The Balaban J connectivity index is 1.38. The zero-order chi connectivity index (χ0) is 48.1. The van der Waals surface area contributed by atoms with Crippen LogP contribution in [0.1, 0.15) is 37.5 Å². The quantitative estimate of drug-likeness (QED) is 0.157. The normalized spacial score (nSPS) is 29.5. The van der Waals surface area contributed by atoms with Crippen LogP contribution in [0.15, 0.2) is 66.7 Å². The molecule has 0 aliphatic carbocycles. The van der Waals surface area contributed by atoms with Crippen molar-refractivity contribution in [2.75, 3.05) is 34.9 Å². The van der Waals surface area contributed by atoms with Crippen molar-refractivity contribution in [3.8, 4) is 23.0 Å². The molecule has 0 saturated carbocycles. The van der Waals surface area contributed by atoms with Crippen molar-refractivity contribution in [3.05, 3.63) is 83.4 Å². The molecular formula is C46H58N6O14.